The fourth-order valence-corrected chi connectivity index (χ4v) is 3.88. The third-order valence-corrected chi connectivity index (χ3v) is 5.00. The summed E-state index contributed by atoms with van der Waals surface area (Å²) in [7, 11) is 0. The minimum absolute atomic E-state index is 0.504. The maximum Gasteiger partial charge on any atom is 0.185 e. The lowest BCUT2D eigenvalue weighted by Gasteiger charge is -2.30. The van der Waals surface area contributed by atoms with E-state index in [2.05, 4.69) is 38.3 Å². The number of hydrogen-bond donors (Lipinski definition) is 1. The Morgan fingerprint density at radius 2 is 2.29 bits per heavy atom. The molecule has 1 aromatic heterocycles. The number of rotatable bonds is 3. The molecule has 2 heterocycles. The summed E-state index contributed by atoms with van der Waals surface area (Å²) in [6, 6.07) is 0. The number of piperidine rings is 1. The molecule has 1 aromatic rings. The Bertz CT molecular complexity index is 373. The number of hydrogen-bond acceptors (Lipinski definition) is 4. The van der Waals surface area contributed by atoms with E-state index in [0.717, 1.165) is 18.2 Å². The summed E-state index contributed by atoms with van der Waals surface area (Å²) in [6.07, 6.45) is 2.66. The SMILES string of the molecule is CC1CCCN(c2nc(C(C)C)c(CS)s2)C1. The van der Waals surface area contributed by atoms with Crippen molar-refractivity contribution in [1.82, 2.24) is 4.98 Å². The second-order valence-corrected chi connectivity index (χ2v) is 6.69. The minimum atomic E-state index is 0.504. The predicted octanol–water partition coefficient (Wildman–Crippen LogP) is 3.93. The van der Waals surface area contributed by atoms with Gasteiger partial charge in [-0.05, 0) is 24.7 Å². The molecular formula is C13H22N2S2. The van der Waals surface area contributed by atoms with E-state index in [1.807, 2.05) is 11.3 Å². The summed E-state index contributed by atoms with van der Waals surface area (Å²) in [6.45, 7) is 9.09. The van der Waals surface area contributed by atoms with Crippen molar-refractivity contribution >= 4 is 29.1 Å². The van der Waals surface area contributed by atoms with Gasteiger partial charge in [-0.1, -0.05) is 20.8 Å². The number of thiazole rings is 1. The molecule has 2 nitrogen and oxygen atoms in total. The monoisotopic (exact) mass is 270 g/mol. The highest BCUT2D eigenvalue weighted by Crippen LogP contribution is 2.33. The third kappa shape index (κ3) is 2.97. The van der Waals surface area contributed by atoms with Gasteiger partial charge in [0.25, 0.3) is 0 Å². The first kappa shape index (κ1) is 13.2. The molecule has 17 heavy (non-hydrogen) atoms. The summed E-state index contributed by atoms with van der Waals surface area (Å²) < 4.78 is 0. The van der Waals surface area contributed by atoms with Crippen molar-refractivity contribution in [3.8, 4) is 0 Å². The van der Waals surface area contributed by atoms with Gasteiger partial charge in [-0.3, -0.25) is 0 Å². The normalized spacial score (nSPS) is 21.2. The zero-order valence-corrected chi connectivity index (χ0v) is 12.7. The third-order valence-electron chi connectivity index (χ3n) is 3.33. The van der Waals surface area contributed by atoms with Gasteiger partial charge in [0.15, 0.2) is 5.13 Å². The van der Waals surface area contributed by atoms with Crippen LogP contribution in [-0.4, -0.2) is 18.1 Å². The summed E-state index contributed by atoms with van der Waals surface area (Å²) in [5.74, 6) is 2.12. The number of aromatic nitrogens is 1. The molecule has 1 saturated heterocycles. The quantitative estimate of drug-likeness (QED) is 0.838. The molecule has 0 aromatic carbocycles. The van der Waals surface area contributed by atoms with Crippen LogP contribution in [0, 0.1) is 5.92 Å². The zero-order valence-electron chi connectivity index (χ0n) is 10.9. The Morgan fingerprint density at radius 3 is 2.82 bits per heavy atom. The van der Waals surface area contributed by atoms with Crippen molar-refractivity contribution in [2.24, 2.45) is 5.92 Å². The molecular weight excluding hydrogens is 248 g/mol. The van der Waals surface area contributed by atoms with Crippen molar-refractivity contribution in [2.75, 3.05) is 18.0 Å². The molecule has 1 aliphatic heterocycles. The number of thiol groups is 1. The molecule has 0 bridgehead atoms. The molecule has 1 atom stereocenters. The van der Waals surface area contributed by atoms with Gasteiger partial charge in [0.2, 0.25) is 0 Å². The highest BCUT2D eigenvalue weighted by Gasteiger charge is 2.21. The average molecular weight is 270 g/mol. The lowest BCUT2D eigenvalue weighted by molar-refractivity contribution is 0.446. The molecule has 0 radical (unpaired) electrons. The van der Waals surface area contributed by atoms with Gasteiger partial charge < -0.3 is 4.90 Å². The lowest BCUT2D eigenvalue weighted by atomic mass is 10.0. The Balaban J connectivity index is 2.20. The van der Waals surface area contributed by atoms with Crippen LogP contribution in [0.2, 0.25) is 0 Å². The standard InChI is InChI=1S/C13H22N2S2/c1-9(2)12-11(8-16)17-13(14-12)15-6-4-5-10(3)7-15/h9-10,16H,4-8H2,1-3H3. The molecule has 96 valence electrons. The van der Waals surface area contributed by atoms with Gasteiger partial charge in [0.1, 0.15) is 0 Å². The first-order valence-electron chi connectivity index (χ1n) is 6.47. The topological polar surface area (TPSA) is 16.1 Å². The highest BCUT2D eigenvalue weighted by molar-refractivity contribution is 7.79. The highest BCUT2D eigenvalue weighted by atomic mass is 32.1. The fraction of sp³-hybridized carbons (Fsp3) is 0.769. The first-order chi connectivity index (χ1) is 8.11. The number of anilines is 1. The van der Waals surface area contributed by atoms with Gasteiger partial charge in [-0.25, -0.2) is 4.98 Å². The van der Waals surface area contributed by atoms with Crippen molar-refractivity contribution < 1.29 is 0 Å². The predicted molar refractivity (Wildman–Crippen MR) is 79.5 cm³/mol. The van der Waals surface area contributed by atoms with Crippen LogP contribution in [0.25, 0.3) is 0 Å². The van der Waals surface area contributed by atoms with Crippen molar-refractivity contribution in [3.63, 3.8) is 0 Å². The van der Waals surface area contributed by atoms with Crippen molar-refractivity contribution in [3.05, 3.63) is 10.6 Å². The summed E-state index contributed by atoms with van der Waals surface area (Å²) in [5, 5.41) is 1.21. The van der Waals surface area contributed by atoms with Gasteiger partial charge >= 0.3 is 0 Å². The molecule has 4 heteroatoms. The van der Waals surface area contributed by atoms with E-state index in [9.17, 15) is 0 Å². The van der Waals surface area contributed by atoms with E-state index < -0.39 is 0 Å². The van der Waals surface area contributed by atoms with E-state index in [1.54, 1.807) is 0 Å². The second-order valence-electron chi connectivity index (χ2n) is 5.31. The van der Waals surface area contributed by atoms with E-state index >= 15 is 0 Å². The van der Waals surface area contributed by atoms with Crippen LogP contribution in [0.15, 0.2) is 0 Å². The van der Waals surface area contributed by atoms with E-state index in [-0.39, 0.29) is 0 Å². The molecule has 1 unspecified atom stereocenters. The first-order valence-corrected chi connectivity index (χ1v) is 7.92. The van der Waals surface area contributed by atoms with Crippen LogP contribution in [0.5, 0.6) is 0 Å². The molecule has 0 saturated carbocycles. The Morgan fingerprint density at radius 1 is 1.53 bits per heavy atom. The lowest BCUT2D eigenvalue weighted by Crippen LogP contribution is -2.34. The van der Waals surface area contributed by atoms with Crippen molar-refractivity contribution in [2.45, 2.75) is 45.3 Å². The van der Waals surface area contributed by atoms with Crippen LogP contribution in [-0.2, 0) is 5.75 Å². The molecule has 1 aliphatic rings. The molecule has 0 N–H and O–H groups in total. The van der Waals surface area contributed by atoms with Crippen LogP contribution >= 0.6 is 24.0 Å². The largest absolute Gasteiger partial charge is 0.348 e. The van der Waals surface area contributed by atoms with Crippen LogP contribution in [0.1, 0.15) is 50.1 Å². The second kappa shape index (κ2) is 5.61. The molecule has 0 amide bonds. The molecule has 0 spiro atoms. The molecule has 2 rings (SSSR count). The summed E-state index contributed by atoms with van der Waals surface area (Å²) >= 11 is 6.26. The van der Waals surface area contributed by atoms with Gasteiger partial charge in [-0.15, -0.1) is 11.3 Å². The summed E-state index contributed by atoms with van der Waals surface area (Å²) in [5.41, 5.74) is 1.25. The van der Waals surface area contributed by atoms with E-state index in [0.29, 0.717) is 5.92 Å². The zero-order chi connectivity index (χ0) is 12.4. The maximum atomic E-state index is 4.83. The van der Waals surface area contributed by atoms with E-state index in [1.165, 1.54) is 35.1 Å². The van der Waals surface area contributed by atoms with Crippen LogP contribution < -0.4 is 4.90 Å². The Hall–Kier alpha value is -0.220. The average Bonchev–Trinajstić information content (AvgIpc) is 2.73. The van der Waals surface area contributed by atoms with Gasteiger partial charge in [0.05, 0.1) is 5.69 Å². The molecule has 0 aliphatic carbocycles. The minimum Gasteiger partial charge on any atom is -0.348 e. The fourth-order valence-electron chi connectivity index (χ4n) is 2.41. The molecule has 1 fully saturated rings. The maximum absolute atomic E-state index is 4.83. The summed E-state index contributed by atoms with van der Waals surface area (Å²) in [4.78, 5) is 8.63. The van der Waals surface area contributed by atoms with Crippen LogP contribution in [0.3, 0.4) is 0 Å². The number of nitrogens with zero attached hydrogens (tertiary/aromatic N) is 2. The van der Waals surface area contributed by atoms with Crippen molar-refractivity contribution in [1.29, 1.82) is 0 Å². The van der Waals surface area contributed by atoms with E-state index in [4.69, 9.17) is 4.98 Å². The van der Waals surface area contributed by atoms with Gasteiger partial charge in [-0.2, -0.15) is 12.6 Å². The van der Waals surface area contributed by atoms with Gasteiger partial charge in [0, 0.05) is 23.7 Å². The smallest absolute Gasteiger partial charge is 0.185 e. The Labute approximate surface area is 114 Å². The van der Waals surface area contributed by atoms with Crippen LogP contribution in [0.4, 0.5) is 5.13 Å². The Kier molecular flexibility index (Phi) is 4.36.